The first-order valence-electron chi connectivity index (χ1n) is 13.9. The van der Waals surface area contributed by atoms with Crippen molar-refractivity contribution in [2.24, 2.45) is 0 Å². The third-order valence-corrected chi connectivity index (χ3v) is 7.29. The molecule has 0 aliphatic heterocycles. The molecule has 3 aromatic carbocycles. The second-order valence-corrected chi connectivity index (χ2v) is 10.0. The second kappa shape index (κ2) is 12.6. The summed E-state index contributed by atoms with van der Waals surface area (Å²) in [5.74, 6) is -0.652. The van der Waals surface area contributed by atoms with Crippen molar-refractivity contribution >= 4 is 17.5 Å². The fourth-order valence-corrected chi connectivity index (χ4v) is 5.33. The zero-order valence-corrected chi connectivity index (χ0v) is 22.6. The van der Waals surface area contributed by atoms with Gasteiger partial charge >= 0.3 is 0 Å². The number of anilines is 1. The number of amides is 2. The Morgan fingerprint density at radius 1 is 0.925 bits per heavy atom. The number of carbonyl (C=O) groups is 2. The number of nitrogens with one attached hydrogen (secondary N) is 2. The standard InChI is InChI=1S/C33H34FN3O3/c1-2-40-30-16-10-9-15-29(30)37(33(39)28-22-21-27(36-28)23-11-5-3-6-12-23)31(24-17-19-25(34)20-18-24)32(38)35-26-13-7-4-8-14-26/h3,5-6,9-12,15-22,26,31,36H,2,4,7-8,13-14H2,1H3,(H,35,38). The highest BCUT2D eigenvalue weighted by molar-refractivity contribution is 6.10. The van der Waals surface area contributed by atoms with Gasteiger partial charge in [0.25, 0.3) is 5.91 Å². The molecule has 0 spiro atoms. The summed E-state index contributed by atoms with van der Waals surface area (Å²) >= 11 is 0. The van der Waals surface area contributed by atoms with E-state index in [2.05, 4.69) is 10.3 Å². The van der Waals surface area contributed by atoms with Crippen LogP contribution in [0.25, 0.3) is 11.3 Å². The minimum atomic E-state index is -1.06. The van der Waals surface area contributed by atoms with Crippen LogP contribution in [0.2, 0.25) is 0 Å². The van der Waals surface area contributed by atoms with E-state index in [1.807, 2.05) is 55.5 Å². The van der Waals surface area contributed by atoms with Crippen molar-refractivity contribution in [3.05, 3.63) is 108 Å². The van der Waals surface area contributed by atoms with E-state index in [1.54, 1.807) is 30.3 Å². The molecule has 0 saturated heterocycles. The highest BCUT2D eigenvalue weighted by Gasteiger charge is 2.36. The molecule has 7 heteroatoms. The SMILES string of the molecule is CCOc1ccccc1N(C(=O)c1ccc(-c2ccccc2)[nH]1)C(C(=O)NC1CCCCC1)c1ccc(F)cc1. The predicted octanol–water partition coefficient (Wildman–Crippen LogP) is 7.06. The van der Waals surface area contributed by atoms with Crippen molar-refractivity contribution in [1.29, 1.82) is 0 Å². The zero-order valence-electron chi connectivity index (χ0n) is 22.6. The monoisotopic (exact) mass is 539 g/mol. The summed E-state index contributed by atoms with van der Waals surface area (Å²) in [7, 11) is 0. The van der Waals surface area contributed by atoms with Gasteiger partial charge in [-0.15, -0.1) is 0 Å². The number of hydrogen-bond acceptors (Lipinski definition) is 3. The van der Waals surface area contributed by atoms with Crippen LogP contribution in [0.3, 0.4) is 0 Å². The molecule has 5 rings (SSSR count). The number of benzene rings is 3. The lowest BCUT2D eigenvalue weighted by Gasteiger charge is -2.34. The van der Waals surface area contributed by atoms with Crippen LogP contribution < -0.4 is 15.0 Å². The molecule has 1 aliphatic rings. The molecule has 2 amide bonds. The first kappa shape index (κ1) is 27.2. The van der Waals surface area contributed by atoms with Crippen LogP contribution in [0, 0.1) is 5.82 Å². The molecule has 1 aromatic heterocycles. The molecule has 1 aliphatic carbocycles. The van der Waals surface area contributed by atoms with E-state index < -0.39 is 17.8 Å². The minimum Gasteiger partial charge on any atom is -0.492 e. The highest BCUT2D eigenvalue weighted by Crippen LogP contribution is 2.37. The summed E-state index contributed by atoms with van der Waals surface area (Å²) in [6.07, 6.45) is 5.03. The fraction of sp³-hybridized carbons (Fsp3) is 0.273. The number of aromatic amines is 1. The number of carbonyl (C=O) groups excluding carboxylic acids is 2. The molecule has 0 bridgehead atoms. The molecular formula is C33H34FN3O3. The lowest BCUT2D eigenvalue weighted by atomic mass is 9.94. The maximum atomic E-state index is 14.4. The third kappa shape index (κ3) is 6.09. The smallest absolute Gasteiger partial charge is 0.275 e. The molecular weight excluding hydrogens is 505 g/mol. The Hall–Kier alpha value is -4.39. The Morgan fingerprint density at radius 2 is 1.62 bits per heavy atom. The van der Waals surface area contributed by atoms with Crippen molar-refractivity contribution in [1.82, 2.24) is 10.3 Å². The zero-order chi connectivity index (χ0) is 27.9. The van der Waals surface area contributed by atoms with Gasteiger partial charge in [-0.05, 0) is 67.3 Å². The largest absolute Gasteiger partial charge is 0.492 e. The number of rotatable bonds is 9. The van der Waals surface area contributed by atoms with Crippen molar-refractivity contribution in [2.75, 3.05) is 11.5 Å². The van der Waals surface area contributed by atoms with Crippen LogP contribution in [0.1, 0.15) is 61.1 Å². The molecule has 1 atom stereocenters. The van der Waals surface area contributed by atoms with Gasteiger partial charge in [0.05, 0.1) is 12.3 Å². The first-order valence-corrected chi connectivity index (χ1v) is 13.9. The number of nitrogens with zero attached hydrogens (tertiary/aromatic N) is 1. The van der Waals surface area contributed by atoms with Crippen LogP contribution in [-0.4, -0.2) is 29.4 Å². The molecule has 1 unspecified atom stereocenters. The molecule has 40 heavy (non-hydrogen) atoms. The Balaban J connectivity index is 1.61. The first-order chi connectivity index (χ1) is 19.5. The summed E-state index contributed by atoms with van der Waals surface area (Å²) in [4.78, 5) is 33.2. The van der Waals surface area contributed by atoms with Gasteiger partial charge in [0.15, 0.2) is 0 Å². The van der Waals surface area contributed by atoms with E-state index in [0.29, 0.717) is 29.3 Å². The lowest BCUT2D eigenvalue weighted by molar-refractivity contribution is -0.123. The predicted molar refractivity (Wildman–Crippen MR) is 155 cm³/mol. The Kier molecular flexibility index (Phi) is 8.59. The van der Waals surface area contributed by atoms with Crippen LogP contribution in [0.4, 0.5) is 10.1 Å². The molecule has 6 nitrogen and oxygen atoms in total. The van der Waals surface area contributed by atoms with E-state index in [4.69, 9.17) is 4.74 Å². The van der Waals surface area contributed by atoms with Crippen molar-refractivity contribution < 1.29 is 18.7 Å². The maximum Gasteiger partial charge on any atom is 0.275 e. The second-order valence-electron chi connectivity index (χ2n) is 10.0. The van der Waals surface area contributed by atoms with Crippen LogP contribution >= 0.6 is 0 Å². The Labute approximate surface area is 234 Å². The van der Waals surface area contributed by atoms with Gasteiger partial charge in [-0.1, -0.05) is 73.9 Å². The maximum absolute atomic E-state index is 14.4. The molecule has 1 heterocycles. The number of hydrogen-bond donors (Lipinski definition) is 2. The number of para-hydroxylation sites is 2. The van der Waals surface area contributed by atoms with Gasteiger partial charge in [-0.3, -0.25) is 14.5 Å². The summed E-state index contributed by atoms with van der Waals surface area (Å²) in [5.41, 5.74) is 3.00. The van der Waals surface area contributed by atoms with Crippen molar-refractivity contribution in [2.45, 2.75) is 51.1 Å². The van der Waals surface area contributed by atoms with Gasteiger partial charge < -0.3 is 15.0 Å². The van der Waals surface area contributed by atoms with Gasteiger partial charge in [0.2, 0.25) is 5.91 Å². The molecule has 1 fully saturated rings. The molecule has 206 valence electrons. The van der Waals surface area contributed by atoms with Crippen LogP contribution in [-0.2, 0) is 4.79 Å². The van der Waals surface area contributed by atoms with Gasteiger partial charge in [0.1, 0.15) is 23.3 Å². The molecule has 1 saturated carbocycles. The van der Waals surface area contributed by atoms with Crippen LogP contribution in [0.15, 0.2) is 91.0 Å². The minimum absolute atomic E-state index is 0.0263. The normalized spacial score (nSPS) is 14.3. The quantitative estimate of drug-likeness (QED) is 0.239. The van der Waals surface area contributed by atoms with Gasteiger partial charge in [0, 0.05) is 11.7 Å². The third-order valence-electron chi connectivity index (χ3n) is 7.29. The number of H-pyrrole nitrogens is 1. The molecule has 2 N–H and O–H groups in total. The van der Waals surface area contributed by atoms with Crippen LogP contribution in [0.5, 0.6) is 5.75 Å². The summed E-state index contributed by atoms with van der Waals surface area (Å²) in [6, 6.07) is 25.2. The molecule has 0 radical (unpaired) electrons. The molecule has 4 aromatic rings. The fourth-order valence-electron chi connectivity index (χ4n) is 5.33. The Morgan fingerprint density at radius 3 is 2.35 bits per heavy atom. The van der Waals surface area contributed by atoms with Crippen molar-refractivity contribution in [3.63, 3.8) is 0 Å². The number of halogens is 1. The Bertz CT molecular complexity index is 1430. The number of aromatic nitrogens is 1. The van der Waals surface area contributed by atoms with E-state index in [-0.39, 0.29) is 11.9 Å². The van der Waals surface area contributed by atoms with Gasteiger partial charge in [-0.25, -0.2) is 4.39 Å². The average Bonchev–Trinajstić information content (AvgIpc) is 3.48. The summed E-state index contributed by atoms with van der Waals surface area (Å²) in [5, 5.41) is 3.19. The van der Waals surface area contributed by atoms with E-state index in [1.165, 1.54) is 17.0 Å². The van der Waals surface area contributed by atoms with Crippen molar-refractivity contribution in [3.8, 4) is 17.0 Å². The highest BCUT2D eigenvalue weighted by atomic mass is 19.1. The average molecular weight is 540 g/mol. The van der Waals surface area contributed by atoms with E-state index in [0.717, 1.165) is 43.4 Å². The topological polar surface area (TPSA) is 74.4 Å². The summed E-state index contributed by atoms with van der Waals surface area (Å²) < 4.78 is 19.9. The van der Waals surface area contributed by atoms with Gasteiger partial charge in [-0.2, -0.15) is 0 Å². The van der Waals surface area contributed by atoms with E-state index >= 15 is 0 Å². The lowest BCUT2D eigenvalue weighted by Crippen LogP contribution is -2.47. The van der Waals surface area contributed by atoms with E-state index in [9.17, 15) is 14.0 Å². The number of ether oxygens (including phenoxy) is 1. The summed E-state index contributed by atoms with van der Waals surface area (Å²) in [6.45, 7) is 2.25.